The number of carbonyl (C=O) groups excluding carboxylic acids is 1. The number of H-pyrrole nitrogens is 1. The molecule has 25 heavy (non-hydrogen) atoms. The van der Waals surface area contributed by atoms with Crippen LogP contribution in [0.1, 0.15) is 5.56 Å². The van der Waals surface area contributed by atoms with Crippen LogP contribution >= 0.6 is 23.6 Å². The maximum atomic E-state index is 12.5. The minimum Gasteiger partial charge on any atom is -0.325 e. The van der Waals surface area contributed by atoms with Crippen LogP contribution in [0, 0.1) is 4.77 Å². The average Bonchev–Trinajstić information content (AvgIpc) is 3.18. The van der Waals surface area contributed by atoms with Crippen LogP contribution in [0.5, 0.6) is 0 Å². The third-order valence-electron chi connectivity index (χ3n) is 3.30. The third kappa shape index (κ3) is 3.97. The Morgan fingerprint density at radius 1 is 1.28 bits per heavy atom. The summed E-state index contributed by atoms with van der Waals surface area (Å²) in [5.41, 5.74) is -0.506. The second-order valence-electron chi connectivity index (χ2n) is 5.04. The predicted molar refractivity (Wildman–Crippen MR) is 90.8 cm³/mol. The van der Waals surface area contributed by atoms with E-state index in [-0.39, 0.29) is 17.0 Å². The van der Waals surface area contributed by atoms with E-state index in [1.165, 1.54) is 28.0 Å². The first-order chi connectivity index (χ1) is 11.8. The Hall–Kier alpha value is -2.46. The summed E-state index contributed by atoms with van der Waals surface area (Å²) in [4.78, 5) is 13.0. The van der Waals surface area contributed by atoms with Crippen LogP contribution in [-0.2, 0) is 17.5 Å². The summed E-state index contributed by atoms with van der Waals surface area (Å²) in [7, 11) is 0. The van der Waals surface area contributed by atoms with Crippen LogP contribution in [-0.4, -0.2) is 20.7 Å². The molecule has 3 aromatic rings. The molecule has 0 radical (unpaired) electrons. The molecule has 0 bridgehead atoms. The molecular weight excluding hydrogens is 373 g/mol. The molecule has 0 aliphatic carbocycles. The molecule has 3 rings (SSSR count). The Kier molecular flexibility index (Phi) is 4.73. The van der Waals surface area contributed by atoms with Gasteiger partial charge in [0, 0.05) is 5.69 Å². The van der Waals surface area contributed by atoms with Gasteiger partial charge in [-0.15, -0.1) is 11.3 Å². The number of nitrogens with zero attached hydrogens (tertiary/aromatic N) is 2. The van der Waals surface area contributed by atoms with Gasteiger partial charge in [0.05, 0.1) is 10.4 Å². The zero-order valence-corrected chi connectivity index (χ0v) is 14.1. The summed E-state index contributed by atoms with van der Waals surface area (Å²) in [6.45, 7) is -0.108. The molecule has 130 valence electrons. The lowest BCUT2D eigenvalue weighted by molar-refractivity contribution is -0.137. The van der Waals surface area contributed by atoms with Crippen LogP contribution in [0.25, 0.3) is 10.7 Å². The summed E-state index contributed by atoms with van der Waals surface area (Å²) in [5, 5.41) is 11.2. The molecule has 0 saturated heterocycles. The minimum atomic E-state index is -4.41. The summed E-state index contributed by atoms with van der Waals surface area (Å²) in [5.74, 6) is 0.109. The molecule has 1 aromatic carbocycles. The highest BCUT2D eigenvalue weighted by molar-refractivity contribution is 7.71. The molecule has 5 nitrogen and oxygen atoms in total. The van der Waals surface area contributed by atoms with Crippen LogP contribution < -0.4 is 5.32 Å². The second-order valence-corrected chi connectivity index (χ2v) is 6.37. The summed E-state index contributed by atoms with van der Waals surface area (Å²) < 4.78 is 39.4. The fraction of sp³-hybridized carbons (Fsp3) is 0.133. The Morgan fingerprint density at radius 2 is 2.00 bits per heavy atom. The quantitative estimate of drug-likeness (QED) is 0.659. The fourth-order valence-corrected chi connectivity index (χ4v) is 3.06. The first kappa shape index (κ1) is 17.4. The number of rotatable bonds is 4. The van der Waals surface area contributed by atoms with Gasteiger partial charge in [0.15, 0.2) is 10.6 Å². The number of anilines is 1. The predicted octanol–water partition coefficient (Wildman–Crippen LogP) is 4.33. The molecule has 2 aromatic heterocycles. The molecule has 0 aliphatic heterocycles. The Balaban J connectivity index is 1.74. The number of aromatic amines is 1. The van der Waals surface area contributed by atoms with Gasteiger partial charge < -0.3 is 5.32 Å². The van der Waals surface area contributed by atoms with Crippen molar-refractivity contribution in [3.63, 3.8) is 0 Å². The largest absolute Gasteiger partial charge is 0.416 e. The Bertz CT molecular complexity index is 927. The lowest BCUT2D eigenvalue weighted by atomic mass is 10.2. The van der Waals surface area contributed by atoms with Crippen molar-refractivity contribution in [3.05, 3.63) is 52.1 Å². The summed E-state index contributed by atoms with van der Waals surface area (Å²) in [6.07, 6.45) is -4.41. The van der Waals surface area contributed by atoms with E-state index >= 15 is 0 Å². The zero-order valence-electron chi connectivity index (χ0n) is 12.5. The van der Waals surface area contributed by atoms with Crippen molar-refractivity contribution in [1.82, 2.24) is 14.8 Å². The van der Waals surface area contributed by atoms with Gasteiger partial charge in [-0.05, 0) is 47.9 Å². The van der Waals surface area contributed by atoms with E-state index in [4.69, 9.17) is 12.2 Å². The van der Waals surface area contributed by atoms with Crippen molar-refractivity contribution >= 4 is 35.1 Å². The highest BCUT2D eigenvalue weighted by Gasteiger charge is 2.30. The Morgan fingerprint density at radius 3 is 2.60 bits per heavy atom. The van der Waals surface area contributed by atoms with Gasteiger partial charge in [0.1, 0.15) is 6.54 Å². The van der Waals surface area contributed by atoms with Crippen LogP contribution in [0.2, 0.25) is 0 Å². The molecule has 0 aliphatic rings. The van der Waals surface area contributed by atoms with E-state index in [9.17, 15) is 18.0 Å². The minimum absolute atomic E-state index is 0.108. The van der Waals surface area contributed by atoms with Crippen molar-refractivity contribution in [2.75, 3.05) is 5.32 Å². The topological polar surface area (TPSA) is 62.7 Å². The summed E-state index contributed by atoms with van der Waals surface area (Å²) >= 11 is 6.58. The van der Waals surface area contributed by atoms with E-state index in [1.807, 2.05) is 17.5 Å². The number of halogens is 3. The smallest absolute Gasteiger partial charge is 0.325 e. The van der Waals surface area contributed by atoms with Crippen molar-refractivity contribution in [3.8, 4) is 10.7 Å². The standard InChI is InChI=1S/C15H11F3N4OS2/c16-15(17,18)9-3-5-10(6-4-9)19-12(23)8-22-13(20-21-14(22)24)11-2-1-7-25-11/h1-7H,8H2,(H,19,23)(H,21,24). The van der Waals surface area contributed by atoms with Gasteiger partial charge in [-0.1, -0.05) is 6.07 Å². The molecule has 2 heterocycles. The number of benzene rings is 1. The number of nitrogens with one attached hydrogen (secondary N) is 2. The molecule has 0 saturated carbocycles. The average molecular weight is 384 g/mol. The maximum absolute atomic E-state index is 12.5. The van der Waals surface area contributed by atoms with Gasteiger partial charge in [-0.3, -0.25) is 14.5 Å². The lowest BCUT2D eigenvalue weighted by Crippen LogP contribution is -2.19. The zero-order chi connectivity index (χ0) is 18.0. The van der Waals surface area contributed by atoms with Gasteiger partial charge in [0.25, 0.3) is 0 Å². The first-order valence-corrected chi connectivity index (χ1v) is 8.29. The van der Waals surface area contributed by atoms with Crippen LogP contribution in [0.3, 0.4) is 0 Å². The highest BCUT2D eigenvalue weighted by Crippen LogP contribution is 2.29. The Labute approximate surface area is 149 Å². The molecule has 0 atom stereocenters. The molecule has 2 N–H and O–H groups in total. The summed E-state index contributed by atoms with van der Waals surface area (Å²) in [6, 6.07) is 7.93. The van der Waals surface area contributed by atoms with Crippen molar-refractivity contribution in [1.29, 1.82) is 0 Å². The van der Waals surface area contributed by atoms with E-state index in [2.05, 4.69) is 15.5 Å². The van der Waals surface area contributed by atoms with Crippen LogP contribution in [0.15, 0.2) is 41.8 Å². The number of thiophene rings is 1. The highest BCUT2D eigenvalue weighted by atomic mass is 32.1. The molecule has 0 spiro atoms. The fourth-order valence-electron chi connectivity index (χ4n) is 2.14. The van der Waals surface area contributed by atoms with Gasteiger partial charge in [0.2, 0.25) is 5.91 Å². The molecule has 10 heteroatoms. The van der Waals surface area contributed by atoms with E-state index in [0.29, 0.717) is 5.82 Å². The van der Waals surface area contributed by atoms with Gasteiger partial charge in [-0.2, -0.15) is 18.3 Å². The van der Waals surface area contributed by atoms with Crippen LogP contribution in [0.4, 0.5) is 18.9 Å². The lowest BCUT2D eigenvalue weighted by Gasteiger charge is -2.09. The van der Waals surface area contributed by atoms with Crippen molar-refractivity contribution < 1.29 is 18.0 Å². The number of hydrogen-bond donors (Lipinski definition) is 2. The van der Waals surface area contributed by atoms with E-state index in [1.54, 1.807) is 0 Å². The molecule has 0 unspecified atom stereocenters. The number of alkyl halides is 3. The van der Waals surface area contributed by atoms with Gasteiger partial charge in [-0.25, -0.2) is 0 Å². The second kappa shape index (κ2) is 6.81. The maximum Gasteiger partial charge on any atom is 0.416 e. The number of aromatic nitrogens is 3. The first-order valence-electron chi connectivity index (χ1n) is 7.01. The number of carbonyl (C=O) groups is 1. The van der Waals surface area contributed by atoms with Crippen molar-refractivity contribution in [2.45, 2.75) is 12.7 Å². The van der Waals surface area contributed by atoms with Gasteiger partial charge >= 0.3 is 6.18 Å². The third-order valence-corrected chi connectivity index (χ3v) is 4.48. The number of amides is 1. The molecular formula is C15H11F3N4OS2. The monoisotopic (exact) mass is 384 g/mol. The SMILES string of the molecule is O=C(Cn1c(-c2cccs2)n[nH]c1=S)Nc1ccc(C(F)(F)F)cc1. The number of hydrogen-bond acceptors (Lipinski definition) is 4. The molecule has 0 fully saturated rings. The normalized spacial score (nSPS) is 11.5. The van der Waals surface area contributed by atoms with Crippen molar-refractivity contribution in [2.24, 2.45) is 0 Å². The molecule has 1 amide bonds. The van der Waals surface area contributed by atoms with E-state index in [0.717, 1.165) is 17.0 Å². The van der Waals surface area contributed by atoms with E-state index < -0.39 is 17.6 Å².